The molecular formula is C18H19N3O3. The van der Waals surface area contributed by atoms with Crippen LogP contribution >= 0.6 is 0 Å². The predicted molar refractivity (Wildman–Crippen MR) is 93.5 cm³/mol. The Balaban J connectivity index is 1.76. The summed E-state index contributed by atoms with van der Waals surface area (Å²) in [4.78, 5) is 26.2. The zero-order chi connectivity index (χ0) is 17.1. The molecule has 24 heavy (non-hydrogen) atoms. The maximum Gasteiger partial charge on any atom is 0.249 e. The summed E-state index contributed by atoms with van der Waals surface area (Å²) in [5.74, 6) is 0.396. The standard InChI is InChI=1S/C18H19N3O3/c1-12(19-13-7-9-14(24-2)10-8-13)18(23)21-11-17(22)20-15-5-3-4-6-16(15)21/h3-10,12,19H,11H2,1-2H3,(H,20,22)/t12-/m1/s1. The lowest BCUT2D eigenvalue weighted by molar-refractivity contribution is -0.122. The van der Waals surface area contributed by atoms with E-state index in [4.69, 9.17) is 4.74 Å². The fourth-order valence-electron chi connectivity index (χ4n) is 2.66. The van der Waals surface area contributed by atoms with Crippen molar-refractivity contribution in [2.24, 2.45) is 0 Å². The molecule has 0 saturated heterocycles. The van der Waals surface area contributed by atoms with E-state index in [0.717, 1.165) is 11.4 Å². The van der Waals surface area contributed by atoms with Crippen molar-refractivity contribution in [2.45, 2.75) is 13.0 Å². The Bertz CT molecular complexity index is 758. The molecule has 2 aromatic carbocycles. The monoisotopic (exact) mass is 325 g/mol. The molecule has 6 heteroatoms. The predicted octanol–water partition coefficient (Wildman–Crippen LogP) is 2.48. The first-order valence-corrected chi connectivity index (χ1v) is 7.69. The van der Waals surface area contributed by atoms with E-state index >= 15 is 0 Å². The minimum Gasteiger partial charge on any atom is -0.497 e. The van der Waals surface area contributed by atoms with E-state index in [0.29, 0.717) is 11.4 Å². The molecule has 1 atom stereocenters. The zero-order valence-electron chi connectivity index (χ0n) is 13.6. The maximum absolute atomic E-state index is 12.8. The number of carbonyl (C=O) groups is 2. The molecule has 0 aliphatic carbocycles. The molecule has 0 unspecified atom stereocenters. The van der Waals surface area contributed by atoms with Crippen molar-refractivity contribution in [2.75, 3.05) is 29.2 Å². The van der Waals surface area contributed by atoms with E-state index in [-0.39, 0.29) is 18.4 Å². The average molecular weight is 325 g/mol. The molecular weight excluding hydrogens is 306 g/mol. The Labute approximate surface area is 140 Å². The fraction of sp³-hybridized carbons (Fsp3) is 0.222. The van der Waals surface area contributed by atoms with Gasteiger partial charge in [-0.3, -0.25) is 14.5 Å². The molecule has 0 saturated carbocycles. The molecule has 0 spiro atoms. The van der Waals surface area contributed by atoms with Gasteiger partial charge in [-0.25, -0.2) is 0 Å². The zero-order valence-corrected chi connectivity index (χ0v) is 13.6. The van der Waals surface area contributed by atoms with Crippen LogP contribution in [0.4, 0.5) is 17.1 Å². The van der Waals surface area contributed by atoms with Gasteiger partial charge in [0.2, 0.25) is 11.8 Å². The highest BCUT2D eigenvalue weighted by Gasteiger charge is 2.29. The first kappa shape index (κ1) is 15.9. The lowest BCUT2D eigenvalue weighted by atomic mass is 10.1. The van der Waals surface area contributed by atoms with Gasteiger partial charge in [-0.15, -0.1) is 0 Å². The van der Waals surface area contributed by atoms with E-state index in [1.165, 1.54) is 4.90 Å². The van der Waals surface area contributed by atoms with E-state index in [2.05, 4.69) is 10.6 Å². The lowest BCUT2D eigenvalue weighted by Crippen LogP contribution is -2.47. The van der Waals surface area contributed by atoms with Gasteiger partial charge in [0, 0.05) is 5.69 Å². The summed E-state index contributed by atoms with van der Waals surface area (Å²) >= 11 is 0. The second-order valence-electron chi connectivity index (χ2n) is 5.58. The van der Waals surface area contributed by atoms with Crippen molar-refractivity contribution < 1.29 is 14.3 Å². The lowest BCUT2D eigenvalue weighted by Gasteiger charge is -2.31. The summed E-state index contributed by atoms with van der Waals surface area (Å²) in [7, 11) is 1.60. The number of ether oxygens (including phenoxy) is 1. The molecule has 2 aromatic rings. The van der Waals surface area contributed by atoms with Crippen LogP contribution < -0.4 is 20.3 Å². The van der Waals surface area contributed by atoms with Gasteiger partial charge in [0.15, 0.2) is 0 Å². The van der Waals surface area contributed by atoms with E-state index in [1.54, 1.807) is 20.1 Å². The van der Waals surface area contributed by atoms with E-state index < -0.39 is 6.04 Å². The molecule has 0 bridgehead atoms. The summed E-state index contributed by atoms with van der Waals surface area (Å²) in [5.41, 5.74) is 2.18. The Kier molecular flexibility index (Phi) is 4.37. The smallest absolute Gasteiger partial charge is 0.249 e. The minimum atomic E-state index is -0.475. The highest BCUT2D eigenvalue weighted by atomic mass is 16.5. The van der Waals surface area contributed by atoms with Crippen LogP contribution in [0.3, 0.4) is 0 Å². The Morgan fingerprint density at radius 2 is 1.92 bits per heavy atom. The molecule has 124 valence electrons. The number of benzene rings is 2. The number of rotatable bonds is 4. The van der Waals surface area contributed by atoms with Gasteiger partial charge in [0.1, 0.15) is 18.3 Å². The van der Waals surface area contributed by atoms with Gasteiger partial charge >= 0.3 is 0 Å². The fourth-order valence-corrected chi connectivity index (χ4v) is 2.66. The Morgan fingerprint density at radius 1 is 1.21 bits per heavy atom. The summed E-state index contributed by atoms with van der Waals surface area (Å²) in [5, 5.41) is 5.94. The molecule has 0 aromatic heterocycles. The quantitative estimate of drug-likeness (QED) is 0.906. The van der Waals surface area contributed by atoms with E-state index in [1.807, 2.05) is 42.5 Å². The van der Waals surface area contributed by atoms with Crippen molar-refractivity contribution >= 4 is 28.9 Å². The number of hydrogen-bond acceptors (Lipinski definition) is 4. The second kappa shape index (κ2) is 6.62. The number of nitrogens with zero attached hydrogens (tertiary/aromatic N) is 1. The van der Waals surface area contributed by atoms with Crippen molar-refractivity contribution in [3.63, 3.8) is 0 Å². The third-order valence-electron chi connectivity index (χ3n) is 3.88. The van der Waals surface area contributed by atoms with Crippen LogP contribution in [0.2, 0.25) is 0 Å². The molecule has 3 rings (SSSR count). The number of carbonyl (C=O) groups excluding carboxylic acids is 2. The van der Waals surface area contributed by atoms with Crippen molar-refractivity contribution in [1.82, 2.24) is 0 Å². The van der Waals surface area contributed by atoms with Crippen LogP contribution in [-0.4, -0.2) is 31.5 Å². The number of nitrogens with one attached hydrogen (secondary N) is 2. The number of anilines is 3. The second-order valence-corrected chi connectivity index (χ2v) is 5.58. The van der Waals surface area contributed by atoms with Crippen LogP contribution in [0.15, 0.2) is 48.5 Å². The molecule has 2 amide bonds. The number of para-hydroxylation sites is 2. The minimum absolute atomic E-state index is 0.0183. The van der Waals surface area contributed by atoms with Crippen molar-refractivity contribution in [1.29, 1.82) is 0 Å². The summed E-state index contributed by atoms with van der Waals surface area (Å²) in [6.45, 7) is 1.80. The van der Waals surface area contributed by atoms with Crippen LogP contribution in [0, 0.1) is 0 Å². The first-order chi connectivity index (χ1) is 11.6. The van der Waals surface area contributed by atoms with Crippen LogP contribution in [0.25, 0.3) is 0 Å². The molecule has 1 aliphatic heterocycles. The third kappa shape index (κ3) is 3.17. The average Bonchev–Trinajstić information content (AvgIpc) is 2.61. The van der Waals surface area contributed by atoms with Gasteiger partial charge in [0.05, 0.1) is 18.5 Å². The number of fused-ring (bicyclic) bond motifs is 1. The summed E-state index contributed by atoms with van der Waals surface area (Å²) in [6, 6.07) is 14.1. The van der Waals surface area contributed by atoms with Gasteiger partial charge in [0.25, 0.3) is 0 Å². The normalized spacial score (nSPS) is 14.4. The van der Waals surface area contributed by atoms with Crippen molar-refractivity contribution in [3.05, 3.63) is 48.5 Å². The van der Waals surface area contributed by atoms with Gasteiger partial charge in [-0.1, -0.05) is 12.1 Å². The largest absolute Gasteiger partial charge is 0.497 e. The van der Waals surface area contributed by atoms with Gasteiger partial charge in [-0.2, -0.15) is 0 Å². The summed E-state index contributed by atoms with van der Waals surface area (Å²) < 4.78 is 5.12. The van der Waals surface area contributed by atoms with Crippen LogP contribution in [0.1, 0.15) is 6.92 Å². The highest BCUT2D eigenvalue weighted by molar-refractivity contribution is 6.11. The number of methoxy groups -OCH3 is 1. The summed E-state index contributed by atoms with van der Waals surface area (Å²) in [6.07, 6.45) is 0. The Hall–Kier alpha value is -3.02. The van der Waals surface area contributed by atoms with E-state index in [9.17, 15) is 9.59 Å². The molecule has 0 radical (unpaired) electrons. The van der Waals surface area contributed by atoms with Gasteiger partial charge < -0.3 is 15.4 Å². The molecule has 0 fully saturated rings. The first-order valence-electron chi connectivity index (χ1n) is 7.69. The Morgan fingerprint density at radius 3 is 2.62 bits per heavy atom. The molecule has 2 N–H and O–H groups in total. The van der Waals surface area contributed by atoms with Gasteiger partial charge in [-0.05, 0) is 43.3 Å². The van der Waals surface area contributed by atoms with Crippen LogP contribution in [0.5, 0.6) is 5.75 Å². The number of amides is 2. The highest BCUT2D eigenvalue weighted by Crippen LogP contribution is 2.29. The number of hydrogen-bond donors (Lipinski definition) is 2. The maximum atomic E-state index is 12.8. The SMILES string of the molecule is COc1ccc(N[C@H](C)C(=O)N2CC(=O)Nc3ccccc32)cc1. The van der Waals surface area contributed by atoms with Crippen molar-refractivity contribution in [3.8, 4) is 5.75 Å². The topological polar surface area (TPSA) is 70.7 Å². The third-order valence-corrected chi connectivity index (χ3v) is 3.88. The molecule has 1 aliphatic rings. The van der Waals surface area contributed by atoms with Crippen LogP contribution in [-0.2, 0) is 9.59 Å². The molecule has 1 heterocycles. The molecule has 6 nitrogen and oxygen atoms in total.